The number of thioether (sulfide) groups is 1. The van der Waals surface area contributed by atoms with E-state index < -0.39 is 16.0 Å². The van der Waals surface area contributed by atoms with Crippen molar-refractivity contribution in [2.75, 3.05) is 23.8 Å². The van der Waals surface area contributed by atoms with Crippen LogP contribution in [0.3, 0.4) is 0 Å². The summed E-state index contributed by atoms with van der Waals surface area (Å²) in [5, 5.41) is 18.3. The van der Waals surface area contributed by atoms with E-state index >= 15 is 0 Å². The second-order valence-electron chi connectivity index (χ2n) is 6.00. The van der Waals surface area contributed by atoms with E-state index in [1.165, 1.54) is 0 Å². The van der Waals surface area contributed by atoms with Crippen molar-refractivity contribution in [1.82, 2.24) is 4.72 Å². The van der Waals surface area contributed by atoms with Crippen molar-refractivity contribution in [1.29, 1.82) is 0 Å². The maximum Gasteiger partial charge on any atom is 0.303 e. The van der Waals surface area contributed by atoms with Crippen LogP contribution in [-0.2, 0) is 14.8 Å². The predicted octanol–water partition coefficient (Wildman–Crippen LogP) is 2.62. The fourth-order valence-corrected chi connectivity index (χ4v) is 4.25. The zero-order valence-corrected chi connectivity index (χ0v) is 16.3. The summed E-state index contributed by atoms with van der Waals surface area (Å²) in [5.74, 6) is 1.08. The Kier molecular flexibility index (Phi) is 14.8. The van der Waals surface area contributed by atoms with E-state index in [-0.39, 0.29) is 18.3 Å². The van der Waals surface area contributed by atoms with Crippen LogP contribution < -0.4 is 4.72 Å². The molecule has 0 amide bonds. The van der Waals surface area contributed by atoms with Crippen molar-refractivity contribution in [3.8, 4) is 0 Å². The normalized spacial score (nSPS) is 13.1. The first kappa shape index (κ1) is 23.7. The fraction of sp³-hybridized carbons (Fsp3) is 0.938. The molecule has 144 valence electrons. The number of aliphatic hydroxyl groups excluding tert-OH is 1. The highest BCUT2D eigenvalue weighted by molar-refractivity contribution is 7.99. The fourth-order valence-electron chi connectivity index (χ4n) is 2.17. The smallest absolute Gasteiger partial charge is 0.303 e. The van der Waals surface area contributed by atoms with Crippen LogP contribution in [-0.4, -0.2) is 54.5 Å². The molecule has 6 nitrogen and oxygen atoms in total. The Morgan fingerprint density at radius 1 is 1.12 bits per heavy atom. The Morgan fingerprint density at radius 2 is 1.83 bits per heavy atom. The monoisotopic (exact) mass is 383 g/mol. The third-order valence-corrected chi connectivity index (χ3v) is 6.29. The number of aliphatic carboxylic acids is 1. The molecule has 1 unspecified atom stereocenters. The number of hydrogen-bond acceptors (Lipinski definition) is 5. The second kappa shape index (κ2) is 15.0. The molecule has 0 aromatic rings. The SMILES string of the molecule is CCCSCC(O)CCCCS(=O)(=O)NCCCCCCC(=O)O. The minimum Gasteiger partial charge on any atom is -0.481 e. The molecule has 8 heteroatoms. The number of rotatable bonds is 17. The first-order valence-corrected chi connectivity index (χ1v) is 11.6. The third kappa shape index (κ3) is 16.5. The molecule has 0 bridgehead atoms. The van der Waals surface area contributed by atoms with Crippen molar-refractivity contribution in [2.45, 2.75) is 70.8 Å². The average molecular weight is 384 g/mol. The summed E-state index contributed by atoms with van der Waals surface area (Å²) in [7, 11) is -3.24. The van der Waals surface area contributed by atoms with Gasteiger partial charge in [0.15, 0.2) is 0 Å². The van der Waals surface area contributed by atoms with Gasteiger partial charge in [-0.3, -0.25) is 4.79 Å². The van der Waals surface area contributed by atoms with E-state index in [9.17, 15) is 18.3 Å². The molecule has 0 aromatic heterocycles. The van der Waals surface area contributed by atoms with Gasteiger partial charge in [0.1, 0.15) is 0 Å². The van der Waals surface area contributed by atoms with Gasteiger partial charge >= 0.3 is 5.97 Å². The van der Waals surface area contributed by atoms with Crippen molar-refractivity contribution in [3.05, 3.63) is 0 Å². The average Bonchev–Trinajstić information content (AvgIpc) is 2.50. The van der Waals surface area contributed by atoms with Crippen LogP contribution in [0.15, 0.2) is 0 Å². The summed E-state index contributed by atoms with van der Waals surface area (Å²) in [6, 6.07) is 0. The molecule has 1 atom stereocenters. The maximum atomic E-state index is 11.8. The number of hydrogen-bond donors (Lipinski definition) is 3. The van der Waals surface area contributed by atoms with Crippen LogP contribution in [0.2, 0.25) is 0 Å². The van der Waals surface area contributed by atoms with E-state index in [2.05, 4.69) is 11.6 Å². The van der Waals surface area contributed by atoms with Crippen molar-refractivity contribution in [3.63, 3.8) is 0 Å². The molecule has 0 aliphatic rings. The van der Waals surface area contributed by atoms with Crippen LogP contribution in [0.5, 0.6) is 0 Å². The van der Waals surface area contributed by atoms with Crippen LogP contribution >= 0.6 is 11.8 Å². The summed E-state index contributed by atoms with van der Waals surface area (Å²) >= 11 is 1.73. The van der Waals surface area contributed by atoms with Crippen LogP contribution in [0.25, 0.3) is 0 Å². The molecular weight excluding hydrogens is 350 g/mol. The summed E-state index contributed by atoms with van der Waals surface area (Å²) < 4.78 is 26.2. The lowest BCUT2D eigenvalue weighted by molar-refractivity contribution is -0.137. The number of unbranched alkanes of at least 4 members (excludes halogenated alkanes) is 4. The summed E-state index contributed by atoms with van der Waals surface area (Å²) in [4.78, 5) is 10.3. The number of aliphatic hydroxyl groups is 1. The van der Waals surface area contributed by atoms with Crippen LogP contribution in [0.4, 0.5) is 0 Å². The molecule has 0 fully saturated rings. The Balaban J connectivity index is 3.56. The van der Waals surface area contributed by atoms with Gasteiger partial charge in [0.2, 0.25) is 10.0 Å². The van der Waals surface area contributed by atoms with E-state index in [1.54, 1.807) is 11.8 Å². The highest BCUT2D eigenvalue weighted by Gasteiger charge is 2.10. The van der Waals surface area contributed by atoms with Gasteiger partial charge in [-0.1, -0.05) is 19.8 Å². The van der Waals surface area contributed by atoms with Crippen molar-refractivity contribution in [2.24, 2.45) is 0 Å². The molecule has 0 aromatic carbocycles. The predicted molar refractivity (Wildman–Crippen MR) is 100.0 cm³/mol. The molecule has 0 rings (SSSR count). The van der Waals surface area contributed by atoms with Gasteiger partial charge in [0, 0.05) is 18.7 Å². The standard InChI is InChI=1S/C16H33NO5S2/c1-2-12-23-14-15(18)9-6-8-13-24(21,22)17-11-7-4-3-5-10-16(19)20/h15,17-18H,2-14H2,1H3,(H,19,20). The van der Waals surface area contributed by atoms with Gasteiger partial charge in [0.05, 0.1) is 11.9 Å². The molecule has 0 radical (unpaired) electrons. The quantitative estimate of drug-likeness (QED) is 0.334. The Morgan fingerprint density at radius 3 is 2.50 bits per heavy atom. The zero-order chi connectivity index (χ0) is 18.3. The van der Waals surface area contributed by atoms with Gasteiger partial charge in [-0.25, -0.2) is 13.1 Å². The Labute approximate surface area is 150 Å². The number of carbonyl (C=O) groups is 1. The molecule has 24 heavy (non-hydrogen) atoms. The molecule has 0 saturated heterocycles. The lowest BCUT2D eigenvalue weighted by atomic mass is 10.1. The van der Waals surface area contributed by atoms with Gasteiger partial charge in [-0.15, -0.1) is 0 Å². The summed E-state index contributed by atoms with van der Waals surface area (Å²) in [6.45, 7) is 2.51. The lowest BCUT2D eigenvalue weighted by Gasteiger charge is -2.10. The summed E-state index contributed by atoms with van der Waals surface area (Å²) in [5.41, 5.74) is 0. The molecule has 0 aliphatic carbocycles. The number of nitrogens with one attached hydrogen (secondary N) is 1. The van der Waals surface area contributed by atoms with Gasteiger partial charge in [-0.2, -0.15) is 11.8 Å². The van der Waals surface area contributed by atoms with Crippen molar-refractivity contribution < 1.29 is 23.4 Å². The van der Waals surface area contributed by atoms with Gasteiger partial charge in [-0.05, 0) is 44.3 Å². The van der Waals surface area contributed by atoms with E-state index in [0.717, 1.165) is 37.2 Å². The van der Waals surface area contributed by atoms with E-state index in [1.807, 2.05) is 0 Å². The van der Waals surface area contributed by atoms with Crippen LogP contribution in [0.1, 0.15) is 64.7 Å². The molecule has 0 saturated carbocycles. The Bertz CT molecular complexity index is 415. The summed E-state index contributed by atoms with van der Waals surface area (Å²) in [6.07, 6.45) is 5.86. The zero-order valence-electron chi connectivity index (χ0n) is 14.7. The molecule has 0 aliphatic heterocycles. The van der Waals surface area contributed by atoms with E-state index in [4.69, 9.17) is 5.11 Å². The highest BCUT2D eigenvalue weighted by Crippen LogP contribution is 2.10. The highest BCUT2D eigenvalue weighted by atomic mass is 32.2. The van der Waals surface area contributed by atoms with Crippen LogP contribution in [0, 0.1) is 0 Å². The minimum absolute atomic E-state index is 0.0981. The molecule has 3 N–H and O–H groups in total. The number of carboxylic acids is 1. The second-order valence-corrected chi connectivity index (χ2v) is 9.07. The molecular formula is C16H33NO5S2. The van der Waals surface area contributed by atoms with E-state index in [0.29, 0.717) is 32.2 Å². The van der Waals surface area contributed by atoms with Gasteiger partial charge in [0.25, 0.3) is 0 Å². The molecule has 0 heterocycles. The first-order valence-electron chi connectivity index (χ1n) is 8.82. The first-order chi connectivity index (χ1) is 11.4. The van der Waals surface area contributed by atoms with Gasteiger partial charge < -0.3 is 10.2 Å². The number of carboxylic acid groups (broad SMARTS) is 1. The molecule has 0 spiro atoms. The number of sulfonamides is 1. The lowest BCUT2D eigenvalue weighted by Crippen LogP contribution is -2.27. The maximum absolute atomic E-state index is 11.8. The largest absolute Gasteiger partial charge is 0.481 e. The van der Waals surface area contributed by atoms with Crippen molar-refractivity contribution >= 4 is 27.8 Å². The Hall–Kier alpha value is -0.310. The minimum atomic E-state index is -3.24. The third-order valence-electron chi connectivity index (χ3n) is 3.50. The topological polar surface area (TPSA) is 104 Å².